The summed E-state index contributed by atoms with van der Waals surface area (Å²) in [5, 5.41) is 25.2. The van der Waals surface area contributed by atoms with Crippen molar-refractivity contribution in [3.05, 3.63) is 56.9 Å². The van der Waals surface area contributed by atoms with E-state index in [0.29, 0.717) is 0 Å². The third kappa shape index (κ3) is 1.95. The molecule has 8 nitrogen and oxygen atoms in total. The third-order valence-corrected chi connectivity index (χ3v) is 2.12. The molecule has 0 fully saturated rings. The largest absolute Gasteiger partial charge is 0.301 e. The normalized spacial score (nSPS) is 10.1. The molecular weight excluding hydrogens is 228 g/mol. The van der Waals surface area contributed by atoms with Gasteiger partial charge in [0, 0.05) is 18.5 Å². The van der Waals surface area contributed by atoms with E-state index in [1.54, 1.807) is 6.07 Å². The number of hydrogen-bond donors (Lipinski definition) is 0. The standard InChI is InChI=1S/C9H6N4O4/c14-12(15)7-2-3-8(9(6-7)13(16)17)11-5-1-4-10-11/h1-6H. The molecule has 0 spiro atoms. The molecule has 1 aromatic carbocycles. The molecule has 0 saturated heterocycles. The van der Waals surface area contributed by atoms with Crippen molar-refractivity contribution in [2.24, 2.45) is 0 Å². The summed E-state index contributed by atoms with van der Waals surface area (Å²) >= 11 is 0. The summed E-state index contributed by atoms with van der Waals surface area (Å²) in [4.78, 5) is 20.0. The maximum absolute atomic E-state index is 10.8. The van der Waals surface area contributed by atoms with E-state index >= 15 is 0 Å². The zero-order valence-electron chi connectivity index (χ0n) is 8.39. The van der Waals surface area contributed by atoms with E-state index in [1.807, 2.05) is 0 Å². The first kappa shape index (κ1) is 10.7. The second kappa shape index (κ2) is 4.00. The second-order valence-electron chi connectivity index (χ2n) is 3.14. The molecule has 2 aromatic rings. The SMILES string of the molecule is O=[N+]([O-])c1ccc(-n2cccn2)c([N+](=O)[O-])c1. The fourth-order valence-corrected chi connectivity index (χ4v) is 1.38. The van der Waals surface area contributed by atoms with Crippen molar-refractivity contribution in [3.8, 4) is 5.69 Å². The minimum absolute atomic E-state index is 0.186. The van der Waals surface area contributed by atoms with Gasteiger partial charge in [0.15, 0.2) is 0 Å². The summed E-state index contributed by atoms with van der Waals surface area (Å²) in [5.74, 6) is 0. The predicted molar refractivity (Wildman–Crippen MR) is 56.9 cm³/mol. The predicted octanol–water partition coefficient (Wildman–Crippen LogP) is 1.69. The van der Waals surface area contributed by atoms with Crippen LogP contribution in [0.25, 0.3) is 5.69 Å². The monoisotopic (exact) mass is 234 g/mol. The summed E-state index contributed by atoms with van der Waals surface area (Å²) < 4.78 is 1.28. The van der Waals surface area contributed by atoms with Gasteiger partial charge in [-0.1, -0.05) is 0 Å². The summed E-state index contributed by atoms with van der Waals surface area (Å²) in [7, 11) is 0. The molecule has 0 aliphatic carbocycles. The van der Waals surface area contributed by atoms with E-state index in [4.69, 9.17) is 0 Å². The molecule has 0 saturated carbocycles. The molecule has 0 aliphatic rings. The van der Waals surface area contributed by atoms with Gasteiger partial charge in [-0.15, -0.1) is 0 Å². The fourth-order valence-electron chi connectivity index (χ4n) is 1.38. The summed E-state index contributed by atoms with van der Waals surface area (Å²) in [6.45, 7) is 0. The van der Waals surface area contributed by atoms with E-state index in [9.17, 15) is 20.2 Å². The first-order valence-electron chi connectivity index (χ1n) is 4.52. The number of nitro benzene ring substituents is 2. The zero-order chi connectivity index (χ0) is 12.4. The second-order valence-corrected chi connectivity index (χ2v) is 3.14. The van der Waals surface area contributed by atoms with Crippen molar-refractivity contribution in [1.82, 2.24) is 9.78 Å². The van der Waals surface area contributed by atoms with Gasteiger partial charge >= 0.3 is 5.69 Å². The summed E-state index contributed by atoms with van der Waals surface area (Å²) in [6.07, 6.45) is 2.99. The van der Waals surface area contributed by atoms with Gasteiger partial charge in [-0.25, -0.2) is 4.68 Å². The van der Waals surface area contributed by atoms with Crippen LogP contribution in [-0.2, 0) is 0 Å². The van der Waals surface area contributed by atoms with Crippen LogP contribution >= 0.6 is 0 Å². The smallest absolute Gasteiger partial charge is 0.258 e. The van der Waals surface area contributed by atoms with Crippen molar-refractivity contribution >= 4 is 11.4 Å². The van der Waals surface area contributed by atoms with Crippen molar-refractivity contribution in [1.29, 1.82) is 0 Å². The van der Waals surface area contributed by atoms with E-state index in [2.05, 4.69) is 5.10 Å². The molecule has 2 rings (SSSR count). The molecule has 0 bridgehead atoms. The lowest BCUT2D eigenvalue weighted by Gasteiger charge is -2.02. The van der Waals surface area contributed by atoms with Gasteiger partial charge in [0.1, 0.15) is 5.69 Å². The van der Waals surface area contributed by atoms with Gasteiger partial charge in [-0.2, -0.15) is 5.10 Å². The first-order chi connectivity index (χ1) is 8.09. The van der Waals surface area contributed by atoms with Gasteiger partial charge in [0.2, 0.25) is 0 Å². The lowest BCUT2D eigenvalue weighted by atomic mass is 10.2. The van der Waals surface area contributed by atoms with Gasteiger partial charge in [-0.05, 0) is 12.1 Å². The highest BCUT2D eigenvalue weighted by Crippen LogP contribution is 2.26. The van der Waals surface area contributed by atoms with E-state index < -0.39 is 9.85 Å². The van der Waals surface area contributed by atoms with Crippen LogP contribution in [0.1, 0.15) is 0 Å². The Morgan fingerprint density at radius 3 is 2.47 bits per heavy atom. The average Bonchev–Trinajstić information content (AvgIpc) is 2.81. The molecule has 0 N–H and O–H groups in total. The van der Waals surface area contributed by atoms with Crippen LogP contribution in [0.4, 0.5) is 11.4 Å². The quantitative estimate of drug-likeness (QED) is 0.593. The maximum atomic E-state index is 10.8. The van der Waals surface area contributed by atoms with Gasteiger partial charge in [0.25, 0.3) is 5.69 Å². The topological polar surface area (TPSA) is 104 Å². The fraction of sp³-hybridized carbons (Fsp3) is 0. The van der Waals surface area contributed by atoms with Gasteiger partial charge < -0.3 is 0 Å². The minimum Gasteiger partial charge on any atom is -0.258 e. The number of benzene rings is 1. The minimum atomic E-state index is -0.681. The molecule has 8 heteroatoms. The molecule has 1 heterocycles. The summed E-state index contributed by atoms with van der Waals surface area (Å²) in [5.41, 5.74) is -0.499. The Hall–Kier alpha value is -2.77. The molecule has 86 valence electrons. The van der Waals surface area contributed by atoms with Crippen LogP contribution in [0.2, 0.25) is 0 Å². The molecule has 1 aromatic heterocycles. The number of aromatic nitrogens is 2. The van der Waals surface area contributed by atoms with Crippen LogP contribution in [0.15, 0.2) is 36.7 Å². The van der Waals surface area contributed by atoms with Crippen LogP contribution in [0, 0.1) is 20.2 Å². The molecule has 0 aliphatic heterocycles. The Morgan fingerprint density at radius 1 is 1.18 bits per heavy atom. The highest BCUT2D eigenvalue weighted by Gasteiger charge is 2.20. The number of nitro groups is 2. The number of non-ortho nitro benzene ring substituents is 1. The maximum Gasteiger partial charge on any atom is 0.301 e. The van der Waals surface area contributed by atoms with E-state index in [-0.39, 0.29) is 17.1 Å². The van der Waals surface area contributed by atoms with Crippen molar-refractivity contribution in [2.75, 3.05) is 0 Å². The molecule has 0 atom stereocenters. The number of hydrogen-bond acceptors (Lipinski definition) is 5. The van der Waals surface area contributed by atoms with Gasteiger partial charge in [0.05, 0.1) is 15.9 Å². The lowest BCUT2D eigenvalue weighted by Crippen LogP contribution is -2.01. The Bertz CT molecular complexity index is 579. The average molecular weight is 234 g/mol. The highest BCUT2D eigenvalue weighted by molar-refractivity contribution is 5.57. The van der Waals surface area contributed by atoms with Crippen LogP contribution in [0.5, 0.6) is 0 Å². The van der Waals surface area contributed by atoms with Gasteiger partial charge in [-0.3, -0.25) is 20.2 Å². The number of rotatable bonds is 3. The molecular formula is C9H6N4O4. The van der Waals surface area contributed by atoms with E-state index in [1.165, 1.54) is 29.2 Å². The molecule has 17 heavy (non-hydrogen) atoms. The third-order valence-electron chi connectivity index (χ3n) is 2.12. The Balaban J connectivity index is 2.61. The highest BCUT2D eigenvalue weighted by atomic mass is 16.6. The summed E-state index contributed by atoms with van der Waals surface area (Å²) in [6, 6.07) is 5.01. The zero-order valence-corrected chi connectivity index (χ0v) is 8.39. The van der Waals surface area contributed by atoms with E-state index in [0.717, 1.165) is 6.07 Å². The Morgan fingerprint density at radius 2 is 1.94 bits per heavy atom. The van der Waals surface area contributed by atoms with Crippen LogP contribution in [-0.4, -0.2) is 19.6 Å². The molecule has 0 radical (unpaired) electrons. The van der Waals surface area contributed by atoms with Crippen LogP contribution < -0.4 is 0 Å². The first-order valence-corrected chi connectivity index (χ1v) is 4.52. The van der Waals surface area contributed by atoms with Crippen molar-refractivity contribution in [3.63, 3.8) is 0 Å². The Labute approximate surface area is 94.4 Å². The number of nitrogens with zero attached hydrogens (tertiary/aromatic N) is 4. The van der Waals surface area contributed by atoms with Crippen LogP contribution in [0.3, 0.4) is 0 Å². The molecule has 0 unspecified atom stereocenters. The van der Waals surface area contributed by atoms with Crippen molar-refractivity contribution in [2.45, 2.75) is 0 Å². The lowest BCUT2D eigenvalue weighted by molar-refractivity contribution is -0.394. The van der Waals surface area contributed by atoms with Crippen molar-refractivity contribution < 1.29 is 9.85 Å². The Kier molecular flexibility index (Phi) is 2.53. The molecule has 0 amide bonds.